The SMILES string of the molecule is CNc1ccccc1/C=C/C[C@@H](NC(=O)Cc1c(Cl)ccc2c1C=CC2NS(=O)(=O)c1ccc(Cl)cc1)C(=O)O. The van der Waals surface area contributed by atoms with Gasteiger partial charge in [-0.05, 0) is 65.1 Å². The van der Waals surface area contributed by atoms with E-state index < -0.39 is 34.0 Å². The van der Waals surface area contributed by atoms with Crippen LogP contribution in [0.2, 0.25) is 10.0 Å². The fourth-order valence-electron chi connectivity index (χ4n) is 4.38. The van der Waals surface area contributed by atoms with Crippen molar-refractivity contribution in [2.24, 2.45) is 0 Å². The summed E-state index contributed by atoms with van der Waals surface area (Å²) in [6.07, 6.45) is 6.76. The number of carboxylic acids is 1. The highest BCUT2D eigenvalue weighted by Crippen LogP contribution is 2.35. The molecule has 0 bridgehead atoms. The molecule has 1 unspecified atom stereocenters. The van der Waals surface area contributed by atoms with Crippen LogP contribution >= 0.6 is 23.2 Å². The Morgan fingerprint density at radius 2 is 1.77 bits per heavy atom. The Morgan fingerprint density at radius 3 is 2.48 bits per heavy atom. The third-order valence-corrected chi connectivity index (χ3v) is 8.46. The van der Waals surface area contributed by atoms with Crippen molar-refractivity contribution in [1.29, 1.82) is 0 Å². The van der Waals surface area contributed by atoms with Gasteiger partial charge in [0.15, 0.2) is 0 Å². The minimum Gasteiger partial charge on any atom is -0.480 e. The van der Waals surface area contributed by atoms with Gasteiger partial charge in [-0.15, -0.1) is 0 Å². The largest absolute Gasteiger partial charge is 0.480 e. The number of hydrogen-bond donors (Lipinski definition) is 4. The summed E-state index contributed by atoms with van der Waals surface area (Å²) in [5, 5.41) is 16.0. The Hall–Kier alpha value is -3.63. The number of halogens is 2. The standard InChI is InChI=1S/C29H27Cl2N3O5S/c1-32-25-7-3-2-5-18(25)6-4-8-27(29(36)37)33-28(35)17-23-21-14-16-26(22(21)13-15-24(23)31)34-40(38,39)20-11-9-19(30)10-12-20/h2-7,9-16,26-27,32,34H,8,17H2,1H3,(H,33,35)(H,36,37)/b6-4+/t26?,27-/m1/s1. The first-order valence-electron chi connectivity index (χ1n) is 12.3. The zero-order valence-corrected chi connectivity index (χ0v) is 23.7. The first-order chi connectivity index (χ1) is 19.1. The van der Waals surface area contributed by atoms with E-state index in [1.54, 1.807) is 43.5 Å². The third kappa shape index (κ3) is 6.92. The molecule has 11 heteroatoms. The molecule has 0 fully saturated rings. The van der Waals surface area contributed by atoms with Gasteiger partial charge in [0.05, 0.1) is 17.4 Å². The van der Waals surface area contributed by atoms with Crippen molar-refractivity contribution in [3.05, 3.63) is 105 Å². The number of amides is 1. The van der Waals surface area contributed by atoms with E-state index in [0.717, 1.165) is 11.3 Å². The topological polar surface area (TPSA) is 125 Å². The van der Waals surface area contributed by atoms with Crippen molar-refractivity contribution in [2.45, 2.75) is 29.8 Å². The van der Waals surface area contributed by atoms with Gasteiger partial charge in [-0.2, -0.15) is 4.72 Å². The van der Waals surface area contributed by atoms with Crippen LogP contribution in [0.25, 0.3) is 12.2 Å². The van der Waals surface area contributed by atoms with Crippen LogP contribution in [0.5, 0.6) is 0 Å². The molecule has 208 valence electrons. The molecule has 40 heavy (non-hydrogen) atoms. The van der Waals surface area contributed by atoms with Gasteiger partial charge in [-0.1, -0.05) is 71.8 Å². The lowest BCUT2D eigenvalue weighted by Gasteiger charge is -2.17. The van der Waals surface area contributed by atoms with Crippen LogP contribution in [-0.4, -0.2) is 38.5 Å². The van der Waals surface area contributed by atoms with E-state index in [9.17, 15) is 23.1 Å². The average Bonchev–Trinajstić information content (AvgIpc) is 3.32. The highest BCUT2D eigenvalue weighted by Gasteiger charge is 2.27. The van der Waals surface area contributed by atoms with Crippen LogP contribution in [0.1, 0.15) is 34.7 Å². The second-order valence-corrected chi connectivity index (χ2v) is 11.6. The van der Waals surface area contributed by atoms with Gasteiger partial charge in [0.2, 0.25) is 15.9 Å². The number of carboxylic acid groups (broad SMARTS) is 1. The lowest BCUT2D eigenvalue weighted by molar-refractivity contribution is -0.141. The molecule has 1 amide bonds. The molecular formula is C29H27Cl2N3O5S. The second kappa shape index (κ2) is 12.7. The molecule has 0 spiro atoms. The average molecular weight is 601 g/mol. The first-order valence-corrected chi connectivity index (χ1v) is 14.6. The number of fused-ring (bicyclic) bond motifs is 1. The van der Waals surface area contributed by atoms with Gasteiger partial charge in [0.25, 0.3) is 0 Å². The van der Waals surface area contributed by atoms with Crippen LogP contribution in [-0.2, 0) is 26.0 Å². The summed E-state index contributed by atoms with van der Waals surface area (Å²) in [6, 6.07) is 14.8. The monoisotopic (exact) mass is 599 g/mol. The maximum atomic E-state index is 12.9. The van der Waals surface area contributed by atoms with Crippen LogP contribution in [0.15, 0.2) is 77.7 Å². The summed E-state index contributed by atoms with van der Waals surface area (Å²) in [5.41, 5.74) is 3.50. The minimum absolute atomic E-state index is 0.0653. The lowest BCUT2D eigenvalue weighted by atomic mass is 9.99. The van der Waals surface area contributed by atoms with E-state index in [2.05, 4.69) is 15.4 Å². The fraction of sp³-hybridized carbons (Fsp3) is 0.172. The molecule has 2 atom stereocenters. The molecule has 3 aromatic carbocycles. The van der Waals surface area contributed by atoms with Crippen molar-refractivity contribution in [2.75, 3.05) is 12.4 Å². The Labute approximate surface area is 242 Å². The molecule has 0 radical (unpaired) electrons. The van der Waals surface area contributed by atoms with Crippen LogP contribution < -0.4 is 15.4 Å². The maximum absolute atomic E-state index is 12.9. The van der Waals surface area contributed by atoms with E-state index in [-0.39, 0.29) is 17.7 Å². The molecule has 0 heterocycles. The van der Waals surface area contributed by atoms with E-state index >= 15 is 0 Å². The zero-order valence-electron chi connectivity index (χ0n) is 21.4. The van der Waals surface area contributed by atoms with Gasteiger partial charge in [-0.25, -0.2) is 13.2 Å². The van der Waals surface area contributed by atoms with Crippen molar-refractivity contribution in [1.82, 2.24) is 10.0 Å². The van der Waals surface area contributed by atoms with E-state index in [1.165, 1.54) is 24.3 Å². The fourth-order valence-corrected chi connectivity index (χ4v) is 5.91. The Balaban J connectivity index is 1.46. The van der Waals surface area contributed by atoms with Gasteiger partial charge < -0.3 is 15.7 Å². The number of carbonyl (C=O) groups is 2. The van der Waals surface area contributed by atoms with E-state index in [1.807, 2.05) is 24.3 Å². The van der Waals surface area contributed by atoms with Crippen LogP contribution in [0, 0.1) is 0 Å². The minimum atomic E-state index is -3.86. The highest BCUT2D eigenvalue weighted by atomic mass is 35.5. The summed E-state index contributed by atoms with van der Waals surface area (Å²) < 4.78 is 28.4. The molecule has 0 saturated carbocycles. The molecule has 8 nitrogen and oxygen atoms in total. The molecule has 3 aromatic rings. The number of aliphatic carboxylic acids is 1. The third-order valence-electron chi connectivity index (χ3n) is 6.40. The smallest absolute Gasteiger partial charge is 0.326 e. The number of sulfonamides is 1. The lowest BCUT2D eigenvalue weighted by Crippen LogP contribution is -2.41. The normalized spacial score (nSPS) is 15.1. The Morgan fingerprint density at radius 1 is 1.05 bits per heavy atom. The van der Waals surface area contributed by atoms with Crippen molar-refractivity contribution in [3.63, 3.8) is 0 Å². The van der Waals surface area contributed by atoms with Gasteiger partial charge in [0.1, 0.15) is 6.04 Å². The molecule has 1 aliphatic rings. The van der Waals surface area contributed by atoms with Gasteiger partial charge >= 0.3 is 5.97 Å². The summed E-state index contributed by atoms with van der Waals surface area (Å²) in [6.45, 7) is 0. The van der Waals surface area contributed by atoms with E-state index in [4.69, 9.17) is 23.2 Å². The number of nitrogens with one attached hydrogen (secondary N) is 3. The van der Waals surface area contributed by atoms with Crippen LogP contribution in [0.3, 0.4) is 0 Å². The molecule has 1 aliphatic carbocycles. The predicted octanol–water partition coefficient (Wildman–Crippen LogP) is 5.30. The zero-order chi connectivity index (χ0) is 28.9. The number of carbonyl (C=O) groups excluding carboxylic acids is 1. The number of benzene rings is 3. The van der Waals surface area contributed by atoms with Crippen LogP contribution in [0.4, 0.5) is 5.69 Å². The summed E-state index contributed by atoms with van der Waals surface area (Å²) >= 11 is 12.3. The van der Waals surface area contributed by atoms with Crippen molar-refractivity contribution in [3.8, 4) is 0 Å². The molecule has 4 rings (SSSR count). The van der Waals surface area contributed by atoms with Gasteiger partial charge in [0, 0.05) is 22.8 Å². The number of para-hydroxylation sites is 1. The van der Waals surface area contributed by atoms with Crippen molar-refractivity contribution >= 4 is 62.9 Å². The highest BCUT2D eigenvalue weighted by molar-refractivity contribution is 7.89. The number of anilines is 1. The predicted molar refractivity (Wildman–Crippen MR) is 158 cm³/mol. The number of rotatable bonds is 11. The quantitative estimate of drug-likeness (QED) is 0.237. The molecule has 0 aliphatic heterocycles. The summed E-state index contributed by atoms with van der Waals surface area (Å²) in [4.78, 5) is 24.8. The number of hydrogen-bond acceptors (Lipinski definition) is 5. The maximum Gasteiger partial charge on any atom is 0.326 e. The molecule has 0 aromatic heterocycles. The van der Waals surface area contributed by atoms with Gasteiger partial charge in [-0.3, -0.25) is 4.79 Å². The first kappa shape index (κ1) is 29.4. The Bertz CT molecular complexity index is 1590. The second-order valence-electron chi connectivity index (χ2n) is 9.05. The summed E-state index contributed by atoms with van der Waals surface area (Å²) in [7, 11) is -2.06. The molecule has 4 N–H and O–H groups in total. The Kier molecular flexibility index (Phi) is 9.32. The summed E-state index contributed by atoms with van der Waals surface area (Å²) in [5.74, 6) is -1.69. The molecule has 0 saturated heterocycles. The van der Waals surface area contributed by atoms with Crippen molar-refractivity contribution < 1.29 is 23.1 Å². The van der Waals surface area contributed by atoms with E-state index in [0.29, 0.717) is 26.7 Å². The molecular weight excluding hydrogens is 573 g/mol.